The number of rotatable bonds is 9. The molecule has 24 heavy (non-hydrogen) atoms. The van der Waals surface area contributed by atoms with Crippen molar-refractivity contribution in [2.24, 2.45) is 0 Å². The molecular formula is C20H26N2O2. The van der Waals surface area contributed by atoms with E-state index in [1.54, 1.807) is 7.11 Å². The summed E-state index contributed by atoms with van der Waals surface area (Å²) in [5.41, 5.74) is 3.70. The molecule has 0 aliphatic rings. The Morgan fingerprint density at radius 1 is 1.08 bits per heavy atom. The number of carbonyl (C=O) groups excluding carboxylic acids is 1. The fraction of sp³-hybridized carbons (Fsp3) is 0.350. The molecule has 128 valence electrons. The maximum Gasteiger partial charge on any atom is 0.221 e. The minimum atomic E-state index is 0.0789. The van der Waals surface area contributed by atoms with E-state index in [9.17, 15) is 4.79 Å². The third-order valence-electron chi connectivity index (χ3n) is 3.98. The molecule has 4 heteroatoms. The van der Waals surface area contributed by atoms with Crippen LogP contribution in [0.1, 0.15) is 23.1 Å². The van der Waals surface area contributed by atoms with Gasteiger partial charge in [-0.3, -0.25) is 4.79 Å². The van der Waals surface area contributed by atoms with Gasteiger partial charge in [0.25, 0.3) is 0 Å². The monoisotopic (exact) mass is 326 g/mol. The molecule has 4 nitrogen and oxygen atoms in total. The first-order valence-electron chi connectivity index (χ1n) is 8.34. The first-order chi connectivity index (χ1) is 11.7. The topological polar surface area (TPSA) is 50.4 Å². The zero-order chi connectivity index (χ0) is 17.2. The van der Waals surface area contributed by atoms with Crippen molar-refractivity contribution in [1.29, 1.82) is 0 Å². The fourth-order valence-electron chi connectivity index (χ4n) is 2.50. The number of aryl methyl sites for hydroxylation is 1. The molecule has 0 spiro atoms. The van der Waals surface area contributed by atoms with Crippen LogP contribution in [0.15, 0.2) is 48.5 Å². The summed E-state index contributed by atoms with van der Waals surface area (Å²) in [5.74, 6) is 0.925. The second kappa shape index (κ2) is 9.73. The lowest BCUT2D eigenvalue weighted by Crippen LogP contribution is -2.29. The fourth-order valence-corrected chi connectivity index (χ4v) is 2.50. The largest absolute Gasteiger partial charge is 0.497 e. The van der Waals surface area contributed by atoms with E-state index in [0.717, 1.165) is 24.3 Å². The zero-order valence-corrected chi connectivity index (χ0v) is 14.5. The molecule has 0 aromatic heterocycles. The van der Waals surface area contributed by atoms with E-state index in [4.69, 9.17) is 4.74 Å². The molecule has 2 N–H and O–H groups in total. The van der Waals surface area contributed by atoms with Gasteiger partial charge in [0.05, 0.1) is 7.11 Å². The molecule has 0 heterocycles. The number of carbonyl (C=O) groups is 1. The molecule has 0 aliphatic carbocycles. The van der Waals surface area contributed by atoms with Crippen molar-refractivity contribution in [3.05, 3.63) is 65.2 Å². The van der Waals surface area contributed by atoms with Gasteiger partial charge in [0, 0.05) is 26.1 Å². The van der Waals surface area contributed by atoms with Crippen molar-refractivity contribution >= 4 is 5.91 Å². The molecule has 2 aromatic carbocycles. The van der Waals surface area contributed by atoms with E-state index in [-0.39, 0.29) is 5.91 Å². The van der Waals surface area contributed by atoms with Crippen molar-refractivity contribution in [3.63, 3.8) is 0 Å². The number of methoxy groups -OCH3 is 1. The molecule has 0 saturated heterocycles. The van der Waals surface area contributed by atoms with E-state index in [0.29, 0.717) is 19.5 Å². The lowest BCUT2D eigenvalue weighted by molar-refractivity contribution is -0.120. The molecule has 0 atom stereocenters. The highest BCUT2D eigenvalue weighted by Crippen LogP contribution is 2.12. The van der Waals surface area contributed by atoms with Crippen LogP contribution in [-0.2, 0) is 17.8 Å². The number of ether oxygens (including phenoxy) is 1. The van der Waals surface area contributed by atoms with Gasteiger partial charge in [-0.2, -0.15) is 0 Å². The Bertz CT molecular complexity index is 656. The molecule has 2 aromatic rings. The van der Waals surface area contributed by atoms with Crippen LogP contribution >= 0.6 is 0 Å². The SMILES string of the molecule is COc1cccc(CCNC(=O)CCNCc2ccccc2C)c1. The highest BCUT2D eigenvalue weighted by Gasteiger charge is 2.02. The molecule has 0 fully saturated rings. The third kappa shape index (κ3) is 6.05. The third-order valence-corrected chi connectivity index (χ3v) is 3.98. The predicted molar refractivity (Wildman–Crippen MR) is 97.2 cm³/mol. The van der Waals surface area contributed by atoms with Gasteiger partial charge in [-0.15, -0.1) is 0 Å². The second-order valence-electron chi connectivity index (χ2n) is 5.80. The minimum absolute atomic E-state index is 0.0789. The summed E-state index contributed by atoms with van der Waals surface area (Å²) in [6.45, 7) is 4.22. The summed E-state index contributed by atoms with van der Waals surface area (Å²) in [4.78, 5) is 11.9. The lowest BCUT2D eigenvalue weighted by Gasteiger charge is -2.09. The summed E-state index contributed by atoms with van der Waals surface area (Å²) in [7, 11) is 1.66. The van der Waals surface area contributed by atoms with E-state index in [2.05, 4.69) is 29.7 Å². The van der Waals surface area contributed by atoms with Crippen LogP contribution in [0.2, 0.25) is 0 Å². The molecule has 0 unspecified atom stereocenters. The smallest absolute Gasteiger partial charge is 0.221 e. The van der Waals surface area contributed by atoms with Gasteiger partial charge in [0.15, 0.2) is 0 Å². The molecular weight excluding hydrogens is 300 g/mol. The van der Waals surface area contributed by atoms with Crippen molar-refractivity contribution in [3.8, 4) is 5.75 Å². The van der Waals surface area contributed by atoms with Crippen molar-refractivity contribution < 1.29 is 9.53 Å². The van der Waals surface area contributed by atoms with Crippen LogP contribution in [0.4, 0.5) is 0 Å². The molecule has 2 rings (SSSR count). The second-order valence-corrected chi connectivity index (χ2v) is 5.80. The van der Waals surface area contributed by atoms with Gasteiger partial charge in [0.1, 0.15) is 5.75 Å². The van der Waals surface area contributed by atoms with Crippen molar-refractivity contribution in [2.75, 3.05) is 20.2 Å². The van der Waals surface area contributed by atoms with Crippen LogP contribution in [0, 0.1) is 6.92 Å². The highest BCUT2D eigenvalue weighted by molar-refractivity contribution is 5.76. The number of amides is 1. The molecule has 0 saturated carbocycles. The normalized spacial score (nSPS) is 10.4. The standard InChI is InChI=1S/C20H26N2O2/c1-16-6-3-4-8-18(16)15-21-12-11-20(23)22-13-10-17-7-5-9-19(14-17)24-2/h3-9,14,21H,10-13,15H2,1-2H3,(H,22,23). The zero-order valence-electron chi connectivity index (χ0n) is 14.5. The average molecular weight is 326 g/mol. The van der Waals surface area contributed by atoms with Gasteiger partial charge in [-0.1, -0.05) is 36.4 Å². The van der Waals surface area contributed by atoms with E-state index >= 15 is 0 Å². The van der Waals surface area contributed by atoms with E-state index in [1.165, 1.54) is 11.1 Å². The summed E-state index contributed by atoms with van der Waals surface area (Å²) < 4.78 is 5.20. The number of hydrogen-bond acceptors (Lipinski definition) is 3. The Kier molecular flexibility index (Phi) is 7.30. The highest BCUT2D eigenvalue weighted by atomic mass is 16.5. The van der Waals surface area contributed by atoms with Gasteiger partial charge >= 0.3 is 0 Å². The molecule has 0 aliphatic heterocycles. The summed E-state index contributed by atoms with van der Waals surface area (Å²) >= 11 is 0. The quantitative estimate of drug-likeness (QED) is 0.697. The van der Waals surface area contributed by atoms with Crippen molar-refractivity contribution in [1.82, 2.24) is 10.6 Å². The Balaban J connectivity index is 1.60. The Hall–Kier alpha value is -2.33. The molecule has 0 bridgehead atoms. The van der Waals surface area contributed by atoms with Crippen LogP contribution in [-0.4, -0.2) is 26.1 Å². The first-order valence-corrected chi connectivity index (χ1v) is 8.34. The Morgan fingerprint density at radius 2 is 1.92 bits per heavy atom. The maximum atomic E-state index is 11.9. The number of nitrogens with one attached hydrogen (secondary N) is 2. The van der Waals surface area contributed by atoms with Crippen LogP contribution in [0.3, 0.4) is 0 Å². The van der Waals surface area contributed by atoms with Gasteiger partial charge in [-0.25, -0.2) is 0 Å². The van der Waals surface area contributed by atoms with Crippen LogP contribution in [0.25, 0.3) is 0 Å². The number of hydrogen-bond donors (Lipinski definition) is 2. The van der Waals surface area contributed by atoms with Gasteiger partial charge in [0.2, 0.25) is 5.91 Å². The van der Waals surface area contributed by atoms with Gasteiger partial charge < -0.3 is 15.4 Å². The first kappa shape index (κ1) is 18.0. The van der Waals surface area contributed by atoms with Crippen LogP contribution < -0.4 is 15.4 Å². The molecule has 1 amide bonds. The van der Waals surface area contributed by atoms with Gasteiger partial charge in [-0.05, 0) is 42.2 Å². The van der Waals surface area contributed by atoms with Crippen molar-refractivity contribution in [2.45, 2.75) is 26.3 Å². The Labute approximate surface area is 144 Å². The van der Waals surface area contributed by atoms with E-state index in [1.807, 2.05) is 36.4 Å². The summed E-state index contributed by atoms with van der Waals surface area (Å²) in [6, 6.07) is 16.2. The predicted octanol–water partition coefficient (Wildman–Crippen LogP) is 2.84. The summed E-state index contributed by atoms with van der Waals surface area (Å²) in [5, 5.41) is 6.28. The molecule has 0 radical (unpaired) electrons. The minimum Gasteiger partial charge on any atom is -0.497 e. The Morgan fingerprint density at radius 3 is 2.71 bits per heavy atom. The number of benzene rings is 2. The lowest BCUT2D eigenvalue weighted by atomic mass is 10.1. The summed E-state index contributed by atoms with van der Waals surface area (Å²) in [6.07, 6.45) is 1.30. The average Bonchev–Trinajstić information content (AvgIpc) is 2.60. The van der Waals surface area contributed by atoms with E-state index < -0.39 is 0 Å². The maximum absolute atomic E-state index is 11.9. The van der Waals surface area contributed by atoms with Crippen LogP contribution in [0.5, 0.6) is 5.75 Å².